The van der Waals surface area contributed by atoms with Crippen LogP contribution in [0, 0.1) is 0 Å². The van der Waals surface area contributed by atoms with Gasteiger partial charge in [0, 0.05) is 18.1 Å². The maximum Gasteiger partial charge on any atom is 0.328 e. The minimum Gasteiger partial charge on any atom is -0.497 e. The number of hydrogen-bond donors (Lipinski definition) is 1. The number of rotatable bonds is 8. The number of esters is 1. The molecule has 0 aliphatic rings. The van der Waals surface area contributed by atoms with Gasteiger partial charge in [0.25, 0.3) is 5.56 Å². The number of amides is 1. The summed E-state index contributed by atoms with van der Waals surface area (Å²) in [6, 6.07) is 18.5. The molecule has 0 unspecified atom stereocenters. The molecule has 0 aliphatic carbocycles. The summed E-state index contributed by atoms with van der Waals surface area (Å²) in [5.74, 6) is -0.442. The van der Waals surface area contributed by atoms with Crippen molar-refractivity contribution in [3.63, 3.8) is 0 Å². The van der Waals surface area contributed by atoms with Gasteiger partial charge in [-0.05, 0) is 23.8 Å². The molecule has 1 atom stereocenters. The fraction of sp³-hybridized carbons (Fsp3) is 0.217. The van der Waals surface area contributed by atoms with E-state index >= 15 is 0 Å². The second-order valence-corrected chi connectivity index (χ2v) is 6.78. The molecule has 1 N–H and O–H groups in total. The second kappa shape index (κ2) is 10.2. The number of ether oxygens (including phenoxy) is 2. The minimum atomic E-state index is -0.878. The number of nitrogens with zero attached hydrogens (tertiary/aromatic N) is 2. The maximum absolute atomic E-state index is 12.6. The fourth-order valence-electron chi connectivity index (χ4n) is 3.06. The highest BCUT2D eigenvalue weighted by Gasteiger charge is 2.22. The maximum atomic E-state index is 12.6. The molecule has 0 radical (unpaired) electrons. The molecule has 0 spiro atoms. The van der Waals surface area contributed by atoms with Crippen molar-refractivity contribution in [2.75, 3.05) is 14.2 Å². The Morgan fingerprint density at radius 1 is 1.03 bits per heavy atom. The van der Waals surface area contributed by atoms with Crippen molar-refractivity contribution in [2.45, 2.75) is 19.0 Å². The van der Waals surface area contributed by atoms with Crippen LogP contribution in [0.3, 0.4) is 0 Å². The van der Waals surface area contributed by atoms with Crippen molar-refractivity contribution in [1.29, 1.82) is 0 Å². The molecule has 1 aromatic heterocycles. The quantitative estimate of drug-likeness (QED) is 0.557. The van der Waals surface area contributed by atoms with Gasteiger partial charge >= 0.3 is 5.97 Å². The van der Waals surface area contributed by atoms with Crippen LogP contribution in [0.25, 0.3) is 11.3 Å². The number of benzene rings is 2. The zero-order valence-electron chi connectivity index (χ0n) is 17.3. The van der Waals surface area contributed by atoms with E-state index in [2.05, 4.69) is 10.4 Å². The van der Waals surface area contributed by atoms with Crippen molar-refractivity contribution >= 4 is 11.9 Å². The lowest BCUT2D eigenvalue weighted by molar-refractivity contribution is -0.145. The topological polar surface area (TPSA) is 99.5 Å². The van der Waals surface area contributed by atoms with Gasteiger partial charge in [-0.1, -0.05) is 42.5 Å². The minimum absolute atomic E-state index is 0.269. The summed E-state index contributed by atoms with van der Waals surface area (Å²) in [4.78, 5) is 37.0. The lowest BCUT2D eigenvalue weighted by atomic mass is 10.1. The molecule has 0 saturated carbocycles. The standard InChI is InChI=1S/C23H23N3O5/c1-30-18-10-6-9-17(14-18)19-11-12-22(28)26(25-19)15-21(27)24-20(23(29)31-2)13-16-7-4-3-5-8-16/h3-12,14,20H,13,15H2,1-2H3,(H,24,27)/t20-/m0/s1. The SMILES string of the molecule is COC(=O)[C@H](Cc1ccccc1)NC(=O)Cn1nc(-c2cccc(OC)c2)ccc1=O. The Hall–Kier alpha value is -3.94. The van der Waals surface area contributed by atoms with Crippen molar-refractivity contribution in [2.24, 2.45) is 0 Å². The molecule has 31 heavy (non-hydrogen) atoms. The normalized spacial score (nSPS) is 11.4. The Morgan fingerprint density at radius 2 is 1.81 bits per heavy atom. The first-order valence-corrected chi connectivity index (χ1v) is 9.64. The smallest absolute Gasteiger partial charge is 0.328 e. The van der Waals surface area contributed by atoms with Crippen LogP contribution < -0.4 is 15.6 Å². The number of carbonyl (C=O) groups excluding carboxylic acids is 2. The molecule has 0 aliphatic heterocycles. The van der Waals surface area contributed by atoms with E-state index in [1.165, 1.54) is 13.2 Å². The van der Waals surface area contributed by atoms with Crippen molar-refractivity contribution in [3.05, 3.63) is 82.6 Å². The number of methoxy groups -OCH3 is 2. The van der Waals surface area contributed by atoms with Crippen molar-refractivity contribution < 1.29 is 19.1 Å². The number of aromatic nitrogens is 2. The number of carbonyl (C=O) groups is 2. The van der Waals surface area contributed by atoms with Gasteiger partial charge in [0.05, 0.1) is 19.9 Å². The number of hydrogen-bond acceptors (Lipinski definition) is 6. The van der Waals surface area contributed by atoms with E-state index in [1.807, 2.05) is 42.5 Å². The summed E-state index contributed by atoms with van der Waals surface area (Å²) >= 11 is 0. The average molecular weight is 421 g/mol. The van der Waals surface area contributed by atoms with Crippen LogP contribution in [0.4, 0.5) is 0 Å². The van der Waals surface area contributed by atoms with Gasteiger partial charge in [0.1, 0.15) is 18.3 Å². The lowest BCUT2D eigenvalue weighted by Gasteiger charge is -2.17. The molecule has 8 nitrogen and oxygen atoms in total. The highest BCUT2D eigenvalue weighted by atomic mass is 16.5. The Morgan fingerprint density at radius 3 is 2.52 bits per heavy atom. The summed E-state index contributed by atoms with van der Waals surface area (Å²) in [5, 5.41) is 6.92. The predicted octanol–water partition coefficient (Wildman–Crippen LogP) is 1.82. The van der Waals surface area contributed by atoms with Crippen LogP contribution in [0.15, 0.2) is 71.5 Å². The monoisotopic (exact) mass is 421 g/mol. The zero-order valence-corrected chi connectivity index (χ0v) is 17.3. The molecule has 3 aromatic rings. The highest BCUT2D eigenvalue weighted by molar-refractivity contribution is 5.84. The van der Waals surface area contributed by atoms with E-state index in [0.717, 1.165) is 15.8 Å². The van der Waals surface area contributed by atoms with Gasteiger partial charge in [-0.2, -0.15) is 5.10 Å². The van der Waals surface area contributed by atoms with E-state index in [1.54, 1.807) is 25.3 Å². The Labute approximate surface area is 179 Å². The Balaban J connectivity index is 1.76. The predicted molar refractivity (Wildman–Crippen MR) is 115 cm³/mol. The number of nitrogens with one attached hydrogen (secondary N) is 1. The Bertz CT molecular complexity index is 1110. The van der Waals surface area contributed by atoms with Crippen LogP contribution in [0.1, 0.15) is 5.56 Å². The fourth-order valence-corrected chi connectivity index (χ4v) is 3.06. The summed E-state index contributed by atoms with van der Waals surface area (Å²) in [6.45, 7) is -0.334. The molecule has 1 amide bonds. The van der Waals surface area contributed by atoms with E-state index < -0.39 is 23.5 Å². The van der Waals surface area contributed by atoms with E-state index in [-0.39, 0.29) is 13.0 Å². The average Bonchev–Trinajstić information content (AvgIpc) is 2.80. The third kappa shape index (κ3) is 5.79. The van der Waals surface area contributed by atoms with Gasteiger partial charge in [-0.3, -0.25) is 9.59 Å². The summed E-state index contributed by atoms with van der Waals surface area (Å²) in [7, 11) is 2.82. The molecule has 3 rings (SSSR count). The van der Waals surface area contributed by atoms with Crippen LogP contribution in [0.2, 0.25) is 0 Å². The highest BCUT2D eigenvalue weighted by Crippen LogP contribution is 2.21. The Kier molecular flexibility index (Phi) is 7.16. The molecule has 0 bridgehead atoms. The molecule has 0 saturated heterocycles. The van der Waals surface area contributed by atoms with Gasteiger partial charge in [-0.15, -0.1) is 0 Å². The molecular formula is C23H23N3O5. The molecule has 0 fully saturated rings. The summed E-state index contributed by atoms with van der Waals surface area (Å²) < 4.78 is 11.1. The van der Waals surface area contributed by atoms with Crippen LogP contribution in [-0.4, -0.2) is 41.9 Å². The van der Waals surface area contributed by atoms with E-state index in [0.29, 0.717) is 11.4 Å². The van der Waals surface area contributed by atoms with Crippen LogP contribution in [-0.2, 0) is 27.3 Å². The molecule has 8 heteroatoms. The first kappa shape index (κ1) is 21.8. The van der Waals surface area contributed by atoms with Crippen molar-refractivity contribution in [1.82, 2.24) is 15.1 Å². The first-order chi connectivity index (χ1) is 15.0. The molecule has 160 valence electrons. The largest absolute Gasteiger partial charge is 0.497 e. The van der Waals surface area contributed by atoms with E-state index in [9.17, 15) is 14.4 Å². The second-order valence-electron chi connectivity index (χ2n) is 6.78. The third-order valence-corrected chi connectivity index (χ3v) is 4.63. The van der Waals surface area contributed by atoms with E-state index in [4.69, 9.17) is 9.47 Å². The van der Waals surface area contributed by atoms with Crippen molar-refractivity contribution in [3.8, 4) is 17.0 Å². The zero-order chi connectivity index (χ0) is 22.2. The summed E-state index contributed by atoms with van der Waals surface area (Å²) in [5.41, 5.74) is 1.69. The van der Waals surface area contributed by atoms with Gasteiger partial charge in [0.2, 0.25) is 5.91 Å². The molecule has 1 heterocycles. The molecular weight excluding hydrogens is 398 g/mol. The third-order valence-electron chi connectivity index (χ3n) is 4.63. The van der Waals surface area contributed by atoms with Gasteiger partial charge < -0.3 is 14.8 Å². The van der Waals surface area contributed by atoms with Crippen LogP contribution in [0.5, 0.6) is 5.75 Å². The molecule has 2 aromatic carbocycles. The van der Waals surface area contributed by atoms with Gasteiger partial charge in [0.15, 0.2) is 0 Å². The summed E-state index contributed by atoms with van der Waals surface area (Å²) in [6.07, 6.45) is 0.269. The lowest BCUT2D eigenvalue weighted by Crippen LogP contribution is -2.45. The van der Waals surface area contributed by atoms with Gasteiger partial charge in [-0.25, -0.2) is 9.48 Å². The van der Waals surface area contributed by atoms with Crippen LogP contribution >= 0.6 is 0 Å². The first-order valence-electron chi connectivity index (χ1n) is 9.64.